The average Bonchev–Trinajstić information content (AvgIpc) is 2.68. The fourth-order valence-corrected chi connectivity index (χ4v) is 3.94. The Morgan fingerprint density at radius 3 is 2.31 bits per heavy atom. The summed E-state index contributed by atoms with van der Waals surface area (Å²) in [4.78, 5) is 12.1. The van der Waals surface area contributed by atoms with Crippen molar-refractivity contribution in [2.75, 3.05) is 16.6 Å². The van der Waals surface area contributed by atoms with Crippen molar-refractivity contribution in [3.05, 3.63) is 82.3 Å². The van der Waals surface area contributed by atoms with E-state index in [1.165, 1.54) is 24.3 Å². The van der Waals surface area contributed by atoms with Crippen molar-refractivity contribution in [2.24, 2.45) is 0 Å². The third-order valence-electron chi connectivity index (χ3n) is 3.71. The highest BCUT2D eigenvalue weighted by molar-refractivity contribution is 9.10. The maximum Gasteiger partial charge on any atom is 0.262 e. The zero-order chi connectivity index (χ0) is 20.9. The van der Waals surface area contributed by atoms with Gasteiger partial charge in [0.25, 0.3) is 15.9 Å². The van der Waals surface area contributed by atoms with E-state index in [1.807, 2.05) is 6.07 Å². The minimum absolute atomic E-state index is 0.0680. The van der Waals surface area contributed by atoms with Gasteiger partial charge in [0, 0.05) is 20.9 Å². The molecule has 0 saturated heterocycles. The summed E-state index contributed by atoms with van der Waals surface area (Å²) in [6.45, 7) is -0.207. The van der Waals surface area contributed by atoms with Gasteiger partial charge in [-0.05, 0) is 66.7 Å². The van der Waals surface area contributed by atoms with Gasteiger partial charge in [-0.15, -0.1) is 0 Å². The fourth-order valence-electron chi connectivity index (χ4n) is 2.36. The Morgan fingerprint density at radius 1 is 0.966 bits per heavy atom. The van der Waals surface area contributed by atoms with Gasteiger partial charge in [-0.2, -0.15) is 0 Å². The van der Waals surface area contributed by atoms with Crippen LogP contribution in [0.2, 0.25) is 5.02 Å². The van der Waals surface area contributed by atoms with Gasteiger partial charge in [-0.3, -0.25) is 9.52 Å². The molecule has 0 spiro atoms. The maximum atomic E-state index is 12.4. The van der Waals surface area contributed by atoms with Crippen molar-refractivity contribution in [2.45, 2.75) is 4.90 Å². The molecule has 0 heterocycles. The minimum atomic E-state index is -3.75. The van der Waals surface area contributed by atoms with Crippen LogP contribution in [-0.4, -0.2) is 20.9 Å². The quantitative estimate of drug-likeness (QED) is 0.487. The summed E-state index contributed by atoms with van der Waals surface area (Å²) in [5.41, 5.74) is 1.04. The second kappa shape index (κ2) is 9.30. The molecule has 0 atom stereocenters. The Kier molecular flexibility index (Phi) is 6.79. The summed E-state index contributed by atoms with van der Waals surface area (Å²) in [6, 6.07) is 19.3. The van der Waals surface area contributed by atoms with Crippen molar-refractivity contribution in [1.29, 1.82) is 0 Å². The molecule has 0 bridgehead atoms. The highest BCUT2D eigenvalue weighted by Gasteiger charge is 2.14. The van der Waals surface area contributed by atoms with Crippen molar-refractivity contribution in [1.82, 2.24) is 0 Å². The molecule has 0 aliphatic heterocycles. The number of rotatable bonds is 7. The molecular formula is C20H16BrClN2O4S. The van der Waals surface area contributed by atoms with Crippen molar-refractivity contribution < 1.29 is 17.9 Å². The summed E-state index contributed by atoms with van der Waals surface area (Å²) < 4.78 is 33.6. The van der Waals surface area contributed by atoms with Crippen LogP contribution >= 0.6 is 27.5 Å². The lowest BCUT2D eigenvalue weighted by atomic mass is 10.3. The van der Waals surface area contributed by atoms with E-state index >= 15 is 0 Å². The van der Waals surface area contributed by atoms with E-state index in [4.69, 9.17) is 16.3 Å². The first kappa shape index (κ1) is 21.2. The van der Waals surface area contributed by atoms with Crippen molar-refractivity contribution in [3.8, 4) is 5.75 Å². The van der Waals surface area contributed by atoms with Gasteiger partial charge in [0.1, 0.15) is 5.75 Å². The second-order valence-electron chi connectivity index (χ2n) is 5.93. The topological polar surface area (TPSA) is 84.5 Å². The number of ether oxygens (including phenoxy) is 1. The van der Waals surface area contributed by atoms with Gasteiger partial charge >= 0.3 is 0 Å². The normalized spacial score (nSPS) is 11.0. The number of carbonyl (C=O) groups is 1. The molecule has 3 rings (SSSR count). The zero-order valence-corrected chi connectivity index (χ0v) is 18.1. The number of sulfonamides is 1. The molecule has 0 radical (unpaired) electrons. The summed E-state index contributed by atoms with van der Waals surface area (Å²) in [6.07, 6.45) is 0. The van der Waals surface area contributed by atoms with Crippen LogP contribution in [-0.2, 0) is 14.8 Å². The highest BCUT2D eigenvalue weighted by Crippen LogP contribution is 2.21. The third kappa shape index (κ3) is 6.22. The van der Waals surface area contributed by atoms with Crippen LogP contribution in [0.5, 0.6) is 5.75 Å². The van der Waals surface area contributed by atoms with Crippen LogP contribution in [0, 0.1) is 0 Å². The minimum Gasteiger partial charge on any atom is -0.484 e. The molecule has 0 aliphatic rings. The standard InChI is InChI=1S/C20H16BrClN2O4S/c21-14-2-1-3-17(12-14)23-20(25)13-28-18-8-10-19(11-9-18)29(26,27)24-16-6-4-15(22)5-7-16/h1-12,24H,13H2,(H,23,25). The number of halogens is 2. The van der Waals surface area contributed by atoms with E-state index in [9.17, 15) is 13.2 Å². The molecule has 0 fully saturated rings. The first-order valence-electron chi connectivity index (χ1n) is 8.38. The van der Waals surface area contributed by atoms with Gasteiger partial charge < -0.3 is 10.1 Å². The Balaban J connectivity index is 1.58. The van der Waals surface area contributed by atoms with Gasteiger partial charge in [0.2, 0.25) is 0 Å². The molecule has 29 heavy (non-hydrogen) atoms. The first-order valence-corrected chi connectivity index (χ1v) is 11.0. The predicted molar refractivity (Wildman–Crippen MR) is 117 cm³/mol. The number of amides is 1. The van der Waals surface area contributed by atoms with Crippen molar-refractivity contribution in [3.63, 3.8) is 0 Å². The molecular weight excluding hydrogens is 480 g/mol. The molecule has 3 aromatic rings. The van der Waals surface area contributed by atoms with E-state index < -0.39 is 10.0 Å². The first-order chi connectivity index (χ1) is 13.8. The van der Waals surface area contributed by atoms with Crippen LogP contribution in [0.3, 0.4) is 0 Å². The van der Waals surface area contributed by atoms with E-state index in [2.05, 4.69) is 26.0 Å². The van der Waals surface area contributed by atoms with Crippen LogP contribution in [0.4, 0.5) is 11.4 Å². The van der Waals surface area contributed by atoms with Gasteiger partial charge in [0.15, 0.2) is 6.61 Å². The molecule has 6 nitrogen and oxygen atoms in total. The van der Waals surface area contributed by atoms with E-state index in [0.29, 0.717) is 22.1 Å². The summed E-state index contributed by atoms with van der Waals surface area (Å²) >= 11 is 9.13. The number of nitrogens with one attached hydrogen (secondary N) is 2. The molecule has 150 valence electrons. The largest absolute Gasteiger partial charge is 0.484 e. The summed E-state index contributed by atoms with van der Waals surface area (Å²) in [5.74, 6) is 0.0454. The Morgan fingerprint density at radius 2 is 1.66 bits per heavy atom. The number of benzene rings is 3. The molecule has 0 unspecified atom stereocenters. The maximum absolute atomic E-state index is 12.4. The van der Waals surface area contributed by atoms with E-state index in [0.717, 1.165) is 4.47 Å². The molecule has 2 N–H and O–H groups in total. The van der Waals surface area contributed by atoms with Gasteiger partial charge in [-0.25, -0.2) is 8.42 Å². The van der Waals surface area contributed by atoms with E-state index in [1.54, 1.807) is 42.5 Å². The SMILES string of the molecule is O=C(COc1ccc(S(=O)(=O)Nc2ccc(Cl)cc2)cc1)Nc1cccc(Br)c1. The number of anilines is 2. The molecule has 0 aromatic heterocycles. The highest BCUT2D eigenvalue weighted by atomic mass is 79.9. The van der Waals surface area contributed by atoms with Crippen LogP contribution in [0.25, 0.3) is 0 Å². The van der Waals surface area contributed by atoms with Crippen LogP contribution in [0.15, 0.2) is 82.2 Å². The van der Waals surface area contributed by atoms with Gasteiger partial charge in [0.05, 0.1) is 4.90 Å². The number of hydrogen-bond acceptors (Lipinski definition) is 4. The monoisotopic (exact) mass is 494 g/mol. The molecule has 0 saturated carbocycles. The predicted octanol–water partition coefficient (Wildman–Crippen LogP) is 4.92. The summed E-state index contributed by atoms with van der Waals surface area (Å²) in [7, 11) is -3.75. The fraction of sp³-hybridized carbons (Fsp3) is 0.0500. The molecule has 1 amide bonds. The van der Waals surface area contributed by atoms with Gasteiger partial charge in [-0.1, -0.05) is 33.6 Å². The lowest BCUT2D eigenvalue weighted by Gasteiger charge is -2.10. The Bertz CT molecular complexity index is 1100. The van der Waals surface area contributed by atoms with E-state index in [-0.39, 0.29) is 17.4 Å². The Labute approximate surface area is 182 Å². The smallest absolute Gasteiger partial charge is 0.262 e. The number of hydrogen-bond donors (Lipinski definition) is 2. The number of carbonyl (C=O) groups excluding carboxylic acids is 1. The molecule has 3 aromatic carbocycles. The lowest BCUT2D eigenvalue weighted by molar-refractivity contribution is -0.118. The Hall–Kier alpha value is -2.55. The zero-order valence-electron chi connectivity index (χ0n) is 14.9. The second-order valence-corrected chi connectivity index (χ2v) is 8.97. The van der Waals surface area contributed by atoms with Crippen molar-refractivity contribution >= 4 is 54.8 Å². The van der Waals surface area contributed by atoms with Crippen LogP contribution in [0.1, 0.15) is 0 Å². The average molecular weight is 496 g/mol. The third-order valence-corrected chi connectivity index (χ3v) is 5.85. The van der Waals surface area contributed by atoms with Crippen LogP contribution < -0.4 is 14.8 Å². The molecule has 0 aliphatic carbocycles. The molecule has 9 heteroatoms. The lowest BCUT2D eigenvalue weighted by Crippen LogP contribution is -2.20. The summed E-state index contributed by atoms with van der Waals surface area (Å²) in [5, 5.41) is 3.22.